The third-order valence-corrected chi connectivity index (χ3v) is 1.39. The van der Waals surface area contributed by atoms with Crippen molar-refractivity contribution in [2.75, 3.05) is 19.6 Å². The third-order valence-electron chi connectivity index (χ3n) is 1.39. The molecule has 0 saturated carbocycles. The van der Waals surface area contributed by atoms with Crippen LogP contribution in [0.5, 0.6) is 0 Å². The summed E-state index contributed by atoms with van der Waals surface area (Å²) < 4.78 is 0. The van der Waals surface area contributed by atoms with Crippen molar-refractivity contribution in [1.29, 1.82) is 0 Å². The number of hydrogen-bond donors (Lipinski definition) is 2. The maximum Gasteiger partial charge on any atom is 0.233 e. The van der Waals surface area contributed by atoms with Gasteiger partial charge in [-0.25, -0.2) is 0 Å². The van der Waals surface area contributed by atoms with E-state index in [2.05, 4.69) is 10.6 Å². The molecule has 2 N–H and O–H groups in total. The van der Waals surface area contributed by atoms with Crippen LogP contribution in [0.2, 0.25) is 0 Å². The fraction of sp³-hybridized carbons (Fsp3) is 0.667. The Morgan fingerprint density at radius 2 is 2.30 bits per heavy atom. The Balaban J connectivity index is 2.40. The number of carbonyl (C=O) groups is 1. The SMILES string of the molecule is O=[C]C1CNCC(=O)NC1. The Labute approximate surface area is 59.0 Å². The lowest BCUT2D eigenvalue weighted by Crippen LogP contribution is -2.29. The molecule has 1 radical (unpaired) electrons. The van der Waals surface area contributed by atoms with E-state index in [9.17, 15) is 9.59 Å². The Morgan fingerprint density at radius 3 is 3.00 bits per heavy atom. The van der Waals surface area contributed by atoms with E-state index in [4.69, 9.17) is 0 Å². The van der Waals surface area contributed by atoms with Crippen LogP contribution in [0.25, 0.3) is 0 Å². The zero-order chi connectivity index (χ0) is 7.40. The molecule has 0 aliphatic carbocycles. The summed E-state index contributed by atoms with van der Waals surface area (Å²) in [7, 11) is 0. The monoisotopic (exact) mass is 141 g/mol. The maximum atomic E-state index is 10.6. The summed E-state index contributed by atoms with van der Waals surface area (Å²) in [4.78, 5) is 20.7. The second kappa shape index (κ2) is 3.31. The molecule has 1 aliphatic heterocycles. The molecule has 1 saturated heterocycles. The van der Waals surface area contributed by atoms with Gasteiger partial charge in [0.1, 0.15) is 0 Å². The fourth-order valence-electron chi connectivity index (χ4n) is 0.815. The largest absolute Gasteiger partial charge is 0.354 e. The summed E-state index contributed by atoms with van der Waals surface area (Å²) in [5.74, 6) is -0.246. The van der Waals surface area contributed by atoms with Gasteiger partial charge in [0.05, 0.1) is 12.5 Å². The quantitative estimate of drug-likeness (QED) is 0.464. The summed E-state index contributed by atoms with van der Waals surface area (Å²) in [6.45, 7) is 1.26. The molecule has 1 amide bonds. The molecule has 1 aliphatic rings. The highest BCUT2D eigenvalue weighted by atomic mass is 16.2. The first-order valence-corrected chi connectivity index (χ1v) is 3.18. The molecule has 4 heteroatoms. The van der Waals surface area contributed by atoms with E-state index in [-0.39, 0.29) is 11.8 Å². The average Bonchev–Trinajstić information content (AvgIpc) is 2.14. The zero-order valence-corrected chi connectivity index (χ0v) is 5.52. The van der Waals surface area contributed by atoms with E-state index in [0.29, 0.717) is 19.6 Å². The molecule has 55 valence electrons. The highest BCUT2D eigenvalue weighted by molar-refractivity contribution is 5.78. The molecule has 1 fully saturated rings. The highest BCUT2D eigenvalue weighted by Gasteiger charge is 2.14. The van der Waals surface area contributed by atoms with Gasteiger partial charge in [-0.05, 0) is 0 Å². The van der Waals surface area contributed by atoms with Gasteiger partial charge in [0, 0.05) is 13.1 Å². The van der Waals surface area contributed by atoms with Gasteiger partial charge in [-0.2, -0.15) is 0 Å². The van der Waals surface area contributed by atoms with Gasteiger partial charge in [-0.15, -0.1) is 0 Å². The summed E-state index contributed by atoms with van der Waals surface area (Å²) in [6.07, 6.45) is 1.84. The Bertz CT molecular complexity index is 147. The van der Waals surface area contributed by atoms with Crippen molar-refractivity contribution in [1.82, 2.24) is 10.6 Å². The van der Waals surface area contributed by atoms with Gasteiger partial charge in [-0.3, -0.25) is 9.59 Å². The van der Waals surface area contributed by atoms with Gasteiger partial charge in [0.25, 0.3) is 0 Å². The molecule has 4 nitrogen and oxygen atoms in total. The molecule has 0 bridgehead atoms. The Hall–Kier alpha value is -0.900. The van der Waals surface area contributed by atoms with Crippen LogP contribution in [-0.2, 0) is 9.59 Å². The Kier molecular flexibility index (Phi) is 2.39. The fourth-order valence-corrected chi connectivity index (χ4v) is 0.815. The van der Waals surface area contributed by atoms with E-state index < -0.39 is 0 Å². The van der Waals surface area contributed by atoms with Crippen molar-refractivity contribution < 1.29 is 9.59 Å². The van der Waals surface area contributed by atoms with Crippen molar-refractivity contribution in [3.05, 3.63) is 0 Å². The molecule has 1 unspecified atom stereocenters. The van der Waals surface area contributed by atoms with Crippen molar-refractivity contribution in [2.24, 2.45) is 5.92 Å². The molecule has 0 aromatic rings. The molecule has 0 aromatic heterocycles. The van der Waals surface area contributed by atoms with Gasteiger partial charge in [0.15, 0.2) is 0 Å². The first-order valence-electron chi connectivity index (χ1n) is 3.18. The second-order valence-electron chi connectivity index (χ2n) is 2.25. The topological polar surface area (TPSA) is 58.2 Å². The van der Waals surface area contributed by atoms with Gasteiger partial charge >= 0.3 is 0 Å². The average molecular weight is 141 g/mol. The van der Waals surface area contributed by atoms with E-state index in [1.54, 1.807) is 0 Å². The molecule has 0 aromatic carbocycles. The number of amides is 1. The minimum absolute atomic E-state index is 0.0576. The number of rotatable bonds is 1. The number of hydrogen-bond acceptors (Lipinski definition) is 3. The smallest absolute Gasteiger partial charge is 0.233 e. The first kappa shape index (κ1) is 7.21. The van der Waals surface area contributed by atoms with Crippen molar-refractivity contribution in [3.8, 4) is 0 Å². The summed E-state index contributed by atoms with van der Waals surface area (Å²) in [6, 6.07) is 0. The van der Waals surface area contributed by atoms with E-state index in [1.807, 2.05) is 6.29 Å². The van der Waals surface area contributed by atoms with Crippen LogP contribution in [-0.4, -0.2) is 31.8 Å². The van der Waals surface area contributed by atoms with Crippen LogP contribution in [0.15, 0.2) is 0 Å². The molecule has 10 heavy (non-hydrogen) atoms. The van der Waals surface area contributed by atoms with Gasteiger partial charge < -0.3 is 10.6 Å². The molecule has 0 spiro atoms. The van der Waals surface area contributed by atoms with Crippen LogP contribution in [0.1, 0.15) is 0 Å². The minimum atomic E-state index is -0.188. The summed E-state index contributed by atoms with van der Waals surface area (Å²) in [5.41, 5.74) is 0. The second-order valence-corrected chi connectivity index (χ2v) is 2.25. The predicted molar refractivity (Wildman–Crippen MR) is 35.1 cm³/mol. The molecule has 1 heterocycles. The normalized spacial score (nSPS) is 26.8. The molecule has 1 rings (SSSR count). The maximum absolute atomic E-state index is 10.6. The lowest BCUT2D eigenvalue weighted by molar-refractivity contribution is -0.119. The van der Waals surface area contributed by atoms with Gasteiger partial charge in [0.2, 0.25) is 12.2 Å². The summed E-state index contributed by atoms with van der Waals surface area (Å²) in [5, 5.41) is 5.41. The molecule has 1 atom stereocenters. The highest BCUT2D eigenvalue weighted by Crippen LogP contribution is 1.89. The third kappa shape index (κ3) is 1.80. The van der Waals surface area contributed by atoms with Crippen LogP contribution in [0, 0.1) is 5.92 Å². The minimum Gasteiger partial charge on any atom is -0.354 e. The van der Waals surface area contributed by atoms with Crippen LogP contribution in [0.3, 0.4) is 0 Å². The zero-order valence-electron chi connectivity index (χ0n) is 5.52. The number of nitrogens with one attached hydrogen (secondary N) is 2. The van der Waals surface area contributed by atoms with Crippen LogP contribution >= 0.6 is 0 Å². The van der Waals surface area contributed by atoms with Crippen molar-refractivity contribution in [3.63, 3.8) is 0 Å². The number of carbonyl (C=O) groups excluding carboxylic acids is 2. The van der Waals surface area contributed by atoms with Crippen LogP contribution in [0.4, 0.5) is 0 Å². The Morgan fingerprint density at radius 1 is 1.50 bits per heavy atom. The van der Waals surface area contributed by atoms with Crippen molar-refractivity contribution in [2.45, 2.75) is 0 Å². The first-order chi connectivity index (χ1) is 4.83. The predicted octanol–water partition coefficient (Wildman–Crippen LogP) is -1.57. The molecular formula is C6H9N2O2. The van der Waals surface area contributed by atoms with Gasteiger partial charge in [-0.1, -0.05) is 0 Å². The van der Waals surface area contributed by atoms with E-state index >= 15 is 0 Å². The van der Waals surface area contributed by atoms with E-state index in [0.717, 1.165) is 0 Å². The molecular weight excluding hydrogens is 132 g/mol. The lowest BCUT2D eigenvalue weighted by Gasteiger charge is -2.01. The standard InChI is InChI=1S/C6H9N2O2/c9-4-5-1-7-3-6(10)8-2-5/h5,7H,1-3H2,(H,8,10). The van der Waals surface area contributed by atoms with Crippen LogP contribution < -0.4 is 10.6 Å². The summed E-state index contributed by atoms with van der Waals surface area (Å²) >= 11 is 0. The van der Waals surface area contributed by atoms with E-state index in [1.165, 1.54) is 0 Å². The van der Waals surface area contributed by atoms with Crippen molar-refractivity contribution >= 4 is 12.2 Å². The lowest BCUT2D eigenvalue weighted by atomic mass is 10.2.